The second-order valence-corrected chi connectivity index (χ2v) is 3.10. The molecule has 0 fully saturated rings. The van der Waals surface area contributed by atoms with Crippen molar-refractivity contribution in [3.05, 3.63) is 0 Å². The first-order chi connectivity index (χ1) is 5.81. The number of ether oxygens (including phenoxy) is 1. The third kappa shape index (κ3) is 7.98. The molecule has 3 nitrogen and oxygen atoms in total. The Hall–Kier alpha value is -0.120. The fourth-order valence-corrected chi connectivity index (χ4v) is 0.804. The zero-order valence-corrected chi connectivity index (χ0v) is 8.18. The minimum Gasteiger partial charge on any atom is -0.396 e. The Bertz CT molecular complexity index is 88.6. The molecule has 0 heterocycles. The number of aliphatic hydroxyl groups excluding tert-OH is 1. The molecule has 0 rings (SSSR count). The molecule has 1 unspecified atom stereocenters. The van der Waals surface area contributed by atoms with E-state index in [1.165, 1.54) is 0 Å². The third-order valence-corrected chi connectivity index (χ3v) is 1.58. The molecule has 0 aliphatic rings. The number of hydrogen-bond acceptors (Lipinski definition) is 3. The van der Waals surface area contributed by atoms with E-state index in [0.29, 0.717) is 5.92 Å². The molecule has 0 bridgehead atoms. The first-order valence-corrected chi connectivity index (χ1v) is 4.70. The van der Waals surface area contributed by atoms with Gasteiger partial charge in [-0.2, -0.15) is 0 Å². The van der Waals surface area contributed by atoms with E-state index in [2.05, 4.69) is 12.2 Å². The Morgan fingerprint density at radius 3 is 2.75 bits per heavy atom. The molecule has 0 aliphatic heterocycles. The molecule has 0 aromatic heterocycles. The zero-order chi connectivity index (χ0) is 9.23. The van der Waals surface area contributed by atoms with Crippen molar-refractivity contribution in [1.29, 1.82) is 0 Å². The highest BCUT2D eigenvalue weighted by Gasteiger charge is 1.97. The fourth-order valence-electron chi connectivity index (χ4n) is 0.804. The van der Waals surface area contributed by atoms with Crippen molar-refractivity contribution in [2.24, 2.45) is 5.92 Å². The van der Waals surface area contributed by atoms with Gasteiger partial charge in [-0.1, -0.05) is 13.8 Å². The molecule has 0 aliphatic carbocycles. The molecule has 74 valence electrons. The van der Waals surface area contributed by atoms with Crippen LogP contribution in [0.5, 0.6) is 0 Å². The standard InChI is InChI=1S/C9H21NO2/c1-3-5-12-6-4-10-7-9(2)8-11/h9-11H,3-8H2,1-2H3. The Morgan fingerprint density at radius 2 is 2.17 bits per heavy atom. The Morgan fingerprint density at radius 1 is 1.42 bits per heavy atom. The van der Waals surface area contributed by atoms with E-state index >= 15 is 0 Å². The molecule has 0 aromatic rings. The summed E-state index contributed by atoms with van der Waals surface area (Å²) in [5, 5.41) is 11.9. The van der Waals surface area contributed by atoms with Gasteiger partial charge in [0, 0.05) is 19.8 Å². The minimum atomic E-state index is 0.253. The van der Waals surface area contributed by atoms with E-state index < -0.39 is 0 Å². The van der Waals surface area contributed by atoms with Gasteiger partial charge in [-0.05, 0) is 18.9 Å². The van der Waals surface area contributed by atoms with Gasteiger partial charge in [-0.15, -0.1) is 0 Å². The van der Waals surface area contributed by atoms with Crippen molar-refractivity contribution in [1.82, 2.24) is 5.32 Å². The van der Waals surface area contributed by atoms with Crippen LogP contribution < -0.4 is 5.32 Å². The van der Waals surface area contributed by atoms with E-state index in [1.807, 2.05) is 6.92 Å². The molecule has 3 heteroatoms. The summed E-state index contributed by atoms with van der Waals surface area (Å²) >= 11 is 0. The molecule has 0 radical (unpaired) electrons. The van der Waals surface area contributed by atoms with Crippen LogP contribution in [-0.2, 0) is 4.74 Å². The minimum absolute atomic E-state index is 0.253. The van der Waals surface area contributed by atoms with Gasteiger partial charge in [0.1, 0.15) is 0 Å². The van der Waals surface area contributed by atoms with Gasteiger partial charge in [0.25, 0.3) is 0 Å². The van der Waals surface area contributed by atoms with Crippen LogP contribution in [0.25, 0.3) is 0 Å². The third-order valence-electron chi connectivity index (χ3n) is 1.58. The maximum Gasteiger partial charge on any atom is 0.0590 e. The zero-order valence-electron chi connectivity index (χ0n) is 8.18. The lowest BCUT2D eigenvalue weighted by Gasteiger charge is -2.09. The first-order valence-electron chi connectivity index (χ1n) is 4.70. The van der Waals surface area contributed by atoms with Crippen LogP contribution in [0, 0.1) is 5.92 Å². The van der Waals surface area contributed by atoms with Crippen LogP contribution >= 0.6 is 0 Å². The van der Waals surface area contributed by atoms with Gasteiger partial charge < -0.3 is 15.2 Å². The topological polar surface area (TPSA) is 41.5 Å². The molecule has 12 heavy (non-hydrogen) atoms. The van der Waals surface area contributed by atoms with Crippen molar-refractivity contribution in [2.45, 2.75) is 20.3 Å². The van der Waals surface area contributed by atoms with Gasteiger partial charge >= 0.3 is 0 Å². The maximum absolute atomic E-state index is 8.70. The molecule has 0 spiro atoms. The van der Waals surface area contributed by atoms with Gasteiger partial charge in [0.15, 0.2) is 0 Å². The normalized spacial score (nSPS) is 13.2. The van der Waals surface area contributed by atoms with Crippen LogP contribution in [0.2, 0.25) is 0 Å². The summed E-state index contributed by atoms with van der Waals surface area (Å²) in [4.78, 5) is 0. The molecule has 0 saturated carbocycles. The predicted octanol–water partition coefficient (Wildman–Crippen LogP) is 0.631. The Balaban J connectivity index is 2.90. The average Bonchev–Trinajstić information content (AvgIpc) is 2.10. The lowest BCUT2D eigenvalue weighted by atomic mass is 10.2. The summed E-state index contributed by atoms with van der Waals surface area (Å²) < 4.78 is 5.27. The van der Waals surface area contributed by atoms with E-state index in [9.17, 15) is 0 Å². The van der Waals surface area contributed by atoms with E-state index in [-0.39, 0.29) is 6.61 Å². The molecule has 2 N–H and O–H groups in total. The fraction of sp³-hybridized carbons (Fsp3) is 1.00. The van der Waals surface area contributed by atoms with Crippen LogP contribution in [0.4, 0.5) is 0 Å². The Kier molecular flexibility index (Phi) is 8.88. The van der Waals surface area contributed by atoms with Crippen LogP contribution in [0.3, 0.4) is 0 Å². The summed E-state index contributed by atoms with van der Waals surface area (Å²) in [5.74, 6) is 0.344. The number of nitrogens with one attached hydrogen (secondary N) is 1. The van der Waals surface area contributed by atoms with Crippen molar-refractivity contribution in [2.75, 3.05) is 32.9 Å². The highest BCUT2D eigenvalue weighted by molar-refractivity contribution is 4.53. The Labute approximate surface area is 75.1 Å². The van der Waals surface area contributed by atoms with Crippen LogP contribution in [0.15, 0.2) is 0 Å². The first kappa shape index (κ1) is 11.9. The molecule has 0 aromatic carbocycles. The summed E-state index contributed by atoms with van der Waals surface area (Å²) in [6.45, 7) is 7.73. The maximum atomic E-state index is 8.70. The molecular weight excluding hydrogens is 154 g/mol. The second kappa shape index (κ2) is 8.97. The SMILES string of the molecule is CCCOCCNCC(C)CO. The van der Waals surface area contributed by atoms with Crippen molar-refractivity contribution in [3.8, 4) is 0 Å². The second-order valence-electron chi connectivity index (χ2n) is 3.10. The highest BCUT2D eigenvalue weighted by Crippen LogP contribution is 1.87. The number of rotatable bonds is 8. The van der Waals surface area contributed by atoms with Crippen molar-refractivity contribution >= 4 is 0 Å². The van der Waals surface area contributed by atoms with E-state index in [0.717, 1.165) is 32.7 Å². The van der Waals surface area contributed by atoms with E-state index in [1.54, 1.807) is 0 Å². The lowest BCUT2D eigenvalue weighted by molar-refractivity contribution is 0.134. The van der Waals surface area contributed by atoms with Crippen LogP contribution in [0.1, 0.15) is 20.3 Å². The van der Waals surface area contributed by atoms with Gasteiger partial charge in [0.05, 0.1) is 6.61 Å². The predicted molar refractivity (Wildman–Crippen MR) is 50.2 cm³/mol. The summed E-state index contributed by atoms with van der Waals surface area (Å²) in [5.41, 5.74) is 0. The van der Waals surface area contributed by atoms with Gasteiger partial charge in [-0.25, -0.2) is 0 Å². The molecule has 0 amide bonds. The largest absolute Gasteiger partial charge is 0.396 e. The van der Waals surface area contributed by atoms with Gasteiger partial charge in [0.2, 0.25) is 0 Å². The smallest absolute Gasteiger partial charge is 0.0590 e. The van der Waals surface area contributed by atoms with Crippen molar-refractivity contribution < 1.29 is 9.84 Å². The summed E-state index contributed by atoms with van der Waals surface area (Å²) in [6.07, 6.45) is 1.08. The molecular formula is C9H21NO2. The summed E-state index contributed by atoms with van der Waals surface area (Å²) in [7, 11) is 0. The lowest BCUT2D eigenvalue weighted by Crippen LogP contribution is -2.26. The number of hydrogen-bond donors (Lipinski definition) is 2. The average molecular weight is 175 g/mol. The van der Waals surface area contributed by atoms with E-state index in [4.69, 9.17) is 9.84 Å². The van der Waals surface area contributed by atoms with Crippen molar-refractivity contribution in [3.63, 3.8) is 0 Å². The molecule has 0 saturated heterocycles. The van der Waals surface area contributed by atoms with Gasteiger partial charge in [-0.3, -0.25) is 0 Å². The van der Waals surface area contributed by atoms with Crippen LogP contribution in [-0.4, -0.2) is 38.0 Å². The summed E-state index contributed by atoms with van der Waals surface area (Å²) in [6, 6.07) is 0. The highest BCUT2D eigenvalue weighted by atomic mass is 16.5. The molecule has 1 atom stereocenters. The monoisotopic (exact) mass is 175 g/mol. The number of aliphatic hydroxyl groups is 1. The quantitative estimate of drug-likeness (QED) is 0.532.